The predicted molar refractivity (Wildman–Crippen MR) is 103 cm³/mol. The molecule has 0 radical (unpaired) electrons. The van der Waals surface area contributed by atoms with E-state index in [1.165, 1.54) is 5.69 Å². The maximum atomic E-state index is 10.2. The number of hydrogen-bond donors (Lipinski definition) is 1. The summed E-state index contributed by atoms with van der Waals surface area (Å²) in [5.74, 6) is 0.719. The van der Waals surface area contributed by atoms with E-state index < -0.39 is 6.10 Å². The molecule has 0 unspecified atom stereocenters. The minimum Gasteiger partial charge on any atom is -0.491 e. The van der Waals surface area contributed by atoms with E-state index in [1.807, 2.05) is 24.3 Å². The third-order valence-electron chi connectivity index (χ3n) is 4.29. The molecule has 1 atom stereocenters. The number of rotatable bonds is 6. The fraction of sp³-hybridized carbons (Fsp3) is 0.368. The maximum absolute atomic E-state index is 10.2. The lowest BCUT2D eigenvalue weighted by atomic mass is 10.2. The number of piperazine rings is 1. The molecule has 1 saturated heterocycles. The Balaban J connectivity index is 1.40. The normalized spacial score (nSPS) is 16.7. The molecule has 2 aromatic rings. The van der Waals surface area contributed by atoms with E-state index >= 15 is 0 Å². The summed E-state index contributed by atoms with van der Waals surface area (Å²) in [6, 6.07) is 15.1. The first-order valence-corrected chi connectivity index (χ1v) is 9.15. The first-order chi connectivity index (χ1) is 12.1. The third-order valence-corrected chi connectivity index (χ3v) is 4.79. The fourth-order valence-electron chi connectivity index (χ4n) is 2.91. The van der Waals surface area contributed by atoms with Gasteiger partial charge in [-0.3, -0.25) is 4.90 Å². The van der Waals surface area contributed by atoms with Crippen molar-refractivity contribution in [2.75, 3.05) is 44.2 Å². The zero-order chi connectivity index (χ0) is 17.6. The number of aliphatic hydroxyl groups excluding tert-OH is 1. The zero-order valence-electron chi connectivity index (χ0n) is 13.9. The number of ether oxygens (including phenoxy) is 1. The summed E-state index contributed by atoms with van der Waals surface area (Å²) in [4.78, 5) is 4.60. The summed E-state index contributed by atoms with van der Waals surface area (Å²) in [5.41, 5.74) is 1.19. The molecular formula is C19H22Cl2N2O2. The molecule has 25 heavy (non-hydrogen) atoms. The first-order valence-electron chi connectivity index (χ1n) is 8.39. The van der Waals surface area contributed by atoms with Crippen molar-refractivity contribution in [2.45, 2.75) is 6.10 Å². The van der Waals surface area contributed by atoms with Gasteiger partial charge in [0.2, 0.25) is 0 Å². The van der Waals surface area contributed by atoms with Gasteiger partial charge in [0.15, 0.2) is 0 Å². The Labute approximate surface area is 158 Å². The van der Waals surface area contributed by atoms with Gasteiger partial charge in [-0.05, 0) is 48.5 Å². The van der Waals surface area contributed by atoms with Gasteiger partial charge in [-0.25, -0.2) is 0 Å². The lowest BCUT2D eigenvalue weighted by Gasteiger charge is -2.36. The van der Waals surface area contributed by atoms with Crippen LogP contribution in [0.2, 0.25) is 10.0 Å². The van der Waals surface area contributed by atoms with Gasteiger partial charge in [0.25, 0.3) is 0 Å². The molecule has 0 bridgehead atoms. The van der Waals surface area contributed by atoms with Gasteiger partial charge in [-0.15, -0.1) is 0 Å². The number of hydrogen-bond acceptors (Lipinski definition) is 4. The maximum Gasteiger partial charge on any atom is 0.119 e. The van der Waals surface area contributed by atoms with Crippen molar-refractivity contribution in [1.29, 1.82) is 0 Å². The average Bonchev–Trinajstić information content (AvgIpc) is 2.63. The molecule has 1 aliphatic rings. The van der Waals surface area contributed by atoms with Crippen LogP contribution in [-0.4, -0.2) is 55.4 Å². The molecule has 134 valence electrons. The molecule has 1 aliphatic heterocycles. The molecular weight excluding hydrogens is 359 g/mol. The van der Waals surface area contributed by atoms with Crippen molar-refractivity contribution in [2.24, 2.45) is 0 Å². The minimum absolute atomic E-state index is 0.277. The third kappa shape index (κ3) is 5.51. The van der Waals surface area contributed by atoms with Crippen molar-refractivity contribution >= 4 is 28.9 Å². The zero-order valence-corrected chi connectivity index (χ0v) is 15.5. The second kappa shape index (κ2) is 8.77. The van der Waals surface area contributed by atoms with Crippen LogP contribution < -0.4 is 9.64 Å². The summed E-state index contributed by atoms with van der Waals surface area (Å²) < 4.78 is 5.61. The highest BCUT2D eigenvalue weighted by Gasteiger charge is 2.19. The van der Waals surface area contributed by atoms with Gasteiger partial charge < -0.3 is 14.7 Å². The van der Waals surface area contributed by atoms with Crippen LogP contribution in [0.4, 0.5) is 5.69 Å². The van der Waals surface area contributed by atoms with Gasteiger partial charge in [-0.2, -0.15) is 0 Å². The SMILES string of the molecule is O[C@@H](COc1ccc(Cl)cc1)CN1CCN(c2ccc(Cl)cc2)CC1. The Kier molecular flexibility index (Phi) is 6.43. The van der Waals surface area contributed by atoms with Gasteiger partial charge in [0.1, 0.15) is 18.5 Å². The van der Waals surface area contributed by atoms with Crippen LogP contribution in [-0.2, 0) is 0 Å². The number of anilines is 1. The average molecular weight is 381 g/mol. The molecule has 0 amide bonds. The largest absolute Gasteiger partial charge is 0.491 e. The highest BCUT2D eigenvalue weighted by molar-refractivity contribution is 6.30. The van der Waals surface area contributed by atoms with Crippen LogP contribution in [0.5, 0.6) is 5.75 Å². The number of benzene rings is 2. The first kappa shape index (κ1) is 18.3. The van der Waals surface area contributed by atoms with E-state index in [2.05, 4.69) is 9.80 Å². The van der Waals surface area contributed by atoms with Crippen LogP contribution in [0.3, 0.4) is 0 Å². The molecule has 0 aliphatic carbocycles. The van der Waals surface area contributed by atoms with Crippen LogP contribution >= 0.6 is 23.2 Å². The predicted octanol–water partition coefficient (Wildman–Crippen LogP) is 3.56. The molecule has 1 fully saturated rings. The summed E-state index contributed by atoms with van der Waals surface area (Å²) in [6.07, 6.45) is -0.516. The van der Waals surface area contributed by atoms with E-state index in [4.69, 9.17) is 27.9 Å². The van der Waals surface area contributed by atoms with Gasteiger partial charge in [0.05, 0.1) is 0 Å². The molecule has 1 heterocycles. The van der Waals surface area contributed by atoms with E-state index in [0.717, 1.165) is 37.0 Å². The Morgan fingerprint density at radius 2 is 1.44 bits per heavy atom. The summed E-state index contributed by atoms with van der Waals surface area (Å²) >= 11 is 11.8. The summed E-state index contributed by atoms with van der Waals surface area (Å²) in [5, 5.41) is 11.6. The Hall–Kier alpha value is -1.46. The van der Waals surface area contributed by atoms with Crippen LogP contribution in [0, 0.1) is 0 Å². The van der Waals surface area contributed by atoms with E-state index in [-0.39, 0.29) is 6.61 Å². The quantitative estimate of drug-likeness (QED) is 0.830. The highest BCUT2D eigenvalue weighted by Crippen LogP contribution is 2.20. The Morgan fingerprint density at radius 1 is 0.880 bits per heavy atom. The molecule has 3 rings (SSSR count). The van der Waals surface area contributed by atoms with Gasteiger partial charge in [0, 0.05) is 48.5 Å². The monoisotopic (exact) mass is 380 g/mol. The standard InChI is InChI=1S/C19H22Cl2N2O2/c20-15-1-5-17(6-2-15)23-11-9-22(10-12-23)13-18(24)14-25-19-7-3-16(21)4-8-19/h1-8,18,24H,9-14H2/t18-/m1/s1. The smallest absolute Gasteiger partial charge is 0.119 e. The van der Waals surface area contributed by atoms with Crippen LogP contribution in [0.15, 0.2) is 48.5 Å². The number of aliphatic hydroxyl groups is 1. The molecule has 6 heteroatoms. The Morgan fingerprint density at radius 3 is 2.04 bits per heavy atom. The Bertz CT molecular complexity index is 656. The topological polar surface area (TPSA) is 35.9 Å². The van der Waals surface area contributed by atoms with Crippen molar-refractivity contribution in [3.05, 3.63) is 58.6 Å². The molecule has 2 aromatic carbocycles. The second-order valence-corrected chi connectivity index (χ2v) is 7.06. The number of β-amino-alcohol motifs (C(OH)–C–C–N with tert-alkyl or cyclic N) is 1. The lowest BCUT2D eigenvalue weighted by Crippen LogP contribution is -2.49. The van der Waals surface area contributed by atoms with Crippen molar-refractivity contribution < 1.29 is 9.84 Å². The van der Waals surface area contributed by atoms with Crippen LogP contribution in [0.25, 0.3) is 0 Å². The number of nitrogens with zero attached hydrogens (tertiary/aromatic N) is 2. The molecule has 1 N–H and O–H groups in total. The highest BCUT2D eigenvalue weighted by atomic mass is 35.5. The molecule has 0 aromatic heterocycles. The van der Waals surface area contributed by atoms with E-state index in [0.29, 0.717) is 11.6 Å². The van der Waals surface area contributed by atoms with E-state index in [1.54, 1.807) is 24.3 Å². The molecule has 0 spiro atoms. The van der Waals surface area contributed by atoms with Gasteiger partial charge in [-0.1, -0.05) is 23.2 Å². The van der Waals surface area contributed by atoms with Crippen molar-refractivity contribution in [3.63, 3.8) is 0 Å². The van der Waals surface area contributed by atoms with Crippen molar-refractivity contribution in [1.82, 2.24) is 4.90 Å². The molecule has 4 nitrogen and oxygen atoms in total. The second-order valence-electron chi connectivity index (χ2n) is 6.18. The lowest BCUT2D eigenvalue weighted by molar-refractivity contribution is 0.0663. The fourth-order valence-corrected chi connectivity index (χ4v) is 3.17. The van der Waals surface area contributed by atoms with Crippen LogP contribution in [0.1, 0.15) is 0 Å². The number of halogens is 2. The molecule has 0 saturated carbocycles. The summed E-state index contributed by atoms with van der Waals surface area (Å²) in [6.45, 7) is 4.60. The van der Waals surface area contributed by atoms with E-state index in [9.17, 15) is 5.11 Å². The van der Waals surface area contributed by atoms with Gasteiger partial charge >= 0.3 is 0 Å². The van der Waals surface area contributed by atoms with Crippen molar-refractivity contribution in [3.8, 4) is 5.75 Å². The summed E-state index contributed by atoms with van der Waals surface area (Å²) in [7, 11) is 0. The minimum atomic E-state index is -0.516.